The molecule has 1 aromatic carbocycles. The summed E-state index contributed by atoms with van der Waals surface area (Å²) in [5.74, 6) is 0.619. The second kappa shape index (κ2) is 9.20. The molecular formula is C15H25N3O3. The lowest BCUT2D eigenvalue weighted by atomic mass is 10.2. The minimum absolute atomic E-state index is 0.0505. The Morgan fingerprint density at radius 2 is 2.10 bits per heavy atom. The van der Waals surface area contributed by atoms with E-state index in [0.29, 0.717) is 30.1 Å². The summed E-state index contributed by atoms with van der Waals surface area (Å²) in [6.45, 7) is 2.34. The highest BCUT2D eigenvalue weighted by molar-refractivity contribution is 5.94. The molecule has 0 aromatic heterocycles. The average Bonchev–Trinajstić information content (AvgIpc) is 2.47. The fourth-order valence-corrected chi connectivity index (χ4v) is 1.88. The zero-order chi connectivity index (χ0) is 15.7. The summed E-state index contributed by atoms with van der Waals surface area (Å²) in [6.07, 6.45) is 1.38. The van der Waals surface area contributed by atoms with Gasteiger partial charge in [-0.2, -0.15) is 0 Å². The third-order valence-corrected chi connectivity index (χ3v) is 3.14. The Kier molecular flexibility index (Phi) is 7.56. The lowest BCUT2D eigenvalue weighted by molar-refractivity contribution is -0.116. The van der Waals surface area contributed by atoms with E-state index in [-0.39, 0.29) is 5.91 Å². The van der Waals surface area contributed by atoms with Crippen LogP contribution >= 0.6 is 0 Å². The highest BCUT2D eigenvalue weighted by atomic mass is 16.5. The van der Waals surface area contributed by atoms with Crippen LogP contribution in [0, 0.1) is 0 Å². The number of carbonyl (C=O) groups excluding carboxylic acids is 1. The van der Waals surface area contributed by atoms with Gasteiger partial charge in [-0.15, -0.1) is 0 Å². The molecule has 1 amide bonds. The van der Waals surface area contributed by atoms with Crippen molar-refractivity contribution in [3.63, 3.8) is 0 Å². The standard InChI is InChI=1S/C15H25N3O3/c1-18(8-4-10-20-2)9-7-15(19)17-14-6-5-12(21-3)11-13(14)16/h5-6,11H,4,7-10,16H2,1-3H3,(H,17,19). The van der Waals surface area contributed by atoms with Gasteiger partial charge in [-0.25, -0.2) is 0 Å². The van der Waals surface area contributed by atoms with E-state index in [2.05, 4.69) is 10.2 Å². The number of anilines is 2. The summed E-state index contributed by atoms with van der Waals surface area (Å²) in [6, 6.07) is 5.20. The summed E-state index contributed by atoms with van der Waals surface area (Å²) in [7, 11) is 5.25. The van der Waals surface area contributed by atoms with Gasteiger partial charge in [0.1, 0.15) is 5.75 Å². The van der Waals surface area contributed by atoms with Crippen molar-refractivity contribution in [3.8, 4) is 5.75 Å². The molecule has 0 fully saturated rings. The van der Waals surface area contributed by atoms with E-state index in [1.807, 2.05) is 7.05 Å². The maximum absolute atomic E-state index is 11.9. The van der Waals surface area contributed by atoms with Crippen molar-refractivity contribution in [2.75, 3.05) is 52.0 Å². The van der Waals surface area contributed by atoms with Gasteiger partial charge in [-0.05, 0) is 25.6 Å². The maximum atomic E-state index is 11.9. The molecule has 1 aromatic rings. The Bertz CT molecular complexity index is 452. The normalized spacial score (nSPS) is 10.7. The number of carbonyl (C=O) groups is 1. The Labute approximate surface area is 126 Å². The zero-order valence-corrected chi connectivity index (χ0v) is 13.0. The van der Waals surface area contributed by atoms with E-state index in [0.717, 1.165) is 19.6 Å². The van der Waals surface area contributed by atoms with Gasteiger partial charge >= 0.3 is 0 Å². The van der Waals surface area contributed by atoms with E-state index in [1.165, 1.54) is 0 Å². The zero-order valence-electron chi connectivity index (χ0n) is 13.0. The van der Waals surface area contributed by atoms with Gasteiger partial charge in [0, 0.05) is 39.3 Å². The van der Waals surface area contributed by atoms with Crippen LogP contribution in [-0.2, 0) is 9.53 Å². The van der Waals surface area contributed by atoms with Gasteiger partial charge in [0.15, 0.2) is 0 Å². The number of benzene rings is 1. The summed E-state index contributed by atoms with van der Waals surface area (Å²) in [5, 5.41) is 2.81. The quantitative estimate of drug-likeness (QED) is 0.534. The Balaban J connectivity index is 2.36. The van der Waals surface area contributed by atoms with Crippen LogP contribution in [0.4, 0.5) is 11.4 Å². The molecule has 21 heavy (non-hydrogen) atoms. The van der Waals surface area contributed by atoms with Gasteiger partial charge < -0.3 is 25.4 Å². The number of ether oxygens (including phenoxy) is 2. The highest BCUT2D eigenvalue weighted by Crippen LogP contribution is 2.24. The van der Waals surface area contributed by atoms with Crippen LogP contribution < -0.4 is 15.8 Å². The minimum Gasteiger partial charge on any atom is -0.497 e. The van der Waals surface area contributed by atoms with Gasteiger partial charge in [0.2, 0.25) is 5.91 Å². The van der Waals surface area contributed by atoms with Crippen LogP contribution in [0.3, 0.4) is 0 Å². The monoisotopic (exact) mass is 295 g/mol. The molecule has 0 aliphatic rings. The predicted molar refractivity (Wildman–Crippen MR) is 84.6 cm³/mol. The molecular weight excluding hydrogens is 270 g/mol. The molecule has 3 N–H and O–H groups in total. The number of rotatable bonds is 9. The van der Waals surface area contributed by atoms with Crippen molar-refractivity contribution >= 4 is 17.3 Å². The van der Waals surface area contributed by atoms with Crippen LogP contribution in [0.15, 0.2) is 18.2 Å². The summed E-state index contributed by atoms with van der Waals surface area (Å²) < 4.78 is 10.1. The van der Waals surface area contributed by atoms with E-state index in [1.54, 1.807) is 32.4 Å². The molecule has 118 valence electrons. The average molecular weight is 295 g/mol. The van der Waals surface area contributed by atoms with Crippen molar-refractivity contribution in [2.45, 2.75) is 12.8 Å². The summed E-state index contributed by atoms with van der Waals surface area (Å²) >= 11 is 0. The Hall–Kier alpha value is -1.79. The van der Waals surface area contributed by atoms with Crippen molar-refractivity contribution in [1.82, 2.24) is 4.90 Å². The van der Waals surface area contributed by atoms with Crippen molar-refractivity contribution < 1.29 is 14.3 Å². The predicted octanol–water partition coefficient (Wildman–Crippen LogP) is 1.57. The Morgan fingerprint density at radius 3 is 2.71 bits per heavy atom. The van der Waals surface area contributed by atoms with E-state index in [9.17, 15) is 4.79 Å². The smallest absolute Gasteiger partial charge is 0.225 e. The molecule has 6 nitrogen and oxygen atoms in total. The van der Waals surface area contributed by atoms with E-state index in [4.69, 9.17) is 15.2 Å². The molecule has 0 heterocycles. The van der Waals surface area contributed by atoms with Crippen LogP contribution in [0.2, 0.25) is 0 Å². The topological polar surface area (TPSA) is 76.8 Å². The lowest BCUT2D eigenvalue weighted by Crippen LogP contribution is -2.26. The molecule has 0 bridgehead atoms. The number of nitrogens with one attached hydrogen (secondary N) is 1. The number of nitrogens with zero attached hydrogens (tertiary/aromatic N) is 1. The van der Waals surface area contributed by atoms with Gasteiger partial charge in [-0.1, -0.05) is 0 Å². The van der Waals surface area contributed by atoms with Gasteiger partial charge in [0.25, 0.3) is 0 Å². The molecule has 0 atom stereocenters. The minimum atomic E-state index is -0.0505. The first-order valence-electron chi connectivity index (χ1n) is 6.97. The van der Waals surface area contributed by atoms with Crippen LogP contribution in [-0.4, -0.2) is 51.8 Å². The molecule has 0 spiro atoms. The van der Waals surface area contributed by atoms with Crippen LogP contribution in [0.25, 0.3) is 0 Å². The van der Waals surface area contributed by atoms with Crippen molar-refractivity contribution in [2.24, 2.45) is 0 Å². The van der Waals surface area contributed by atoms with E-state index >= 15 is 0 Å². The molecule has 0 radical (unpaired) electrons. The largest absolute Gasteiger partial charge is 0.497 e. The number of nitrogens with two attached hydrogens (primary N) is 1. The molecule has 0 aliphatic heterocycles. The lowest BCUT2D eigenvalue weighted by Gasteiger charge is -2.16. The van der Waals surface area contributed by atoms with Gasteiger partial charge in [0.05, 0.1) is 18.5 Å². The number of methoxy groups -OCH3 is 2. The first kappa shape index (κ1) is 17.3. The molecule has 6 heteroatoms. The summed E-state index contributed by atoms with van der Waals surface area (Å²) in [4.78, 5) is 14.0. The first-order chi connectivity index (χ1) is 10.1. The summed E-state index contributed by atoms with van der Waals surface area (Å²) in [5.41, 5.74) is 6.97. The van der Waals surface area contributed by atoms with Gasteiger partial charge in [-0.3, -0.25) is 4.79 Å². The molecule has 0 aliphatic carbocycles. The highest BCUT2D eigenvalue weighted by Gasteiger charge is 2.08. The number of hydrogen-bond acceptors (Lipinski definition) is 5. The third kappa shape index (κ3) is 6.46. The SMILES string of the molecule is COCCCN(C)CCC(=O)Nc1ccc(OC)cc1N. The molecule has 0 saturated heterocycles. The first-order valence-corrected chi connectivity index (χ1v) is 6.97. The van der Waals surface area contributed by atoms with E-state index < -0.39 is 0 Å². The second-order valence-corrected chi connectivity index (χ2v) is 4.90. The number of hydrogen-bond donors (Lipinski definition) is 2. The number of nitrogen functional groups attached to an aromatic ring is 1. The van der Waals surface area contributed by atoms with Crippen LogP contribution in [0.5, 0.6) is 5.75 Å². The number of amides is 1. The maximum Gasteiger partial charge on any atom is 0.225 e. The molecule has 0 unspecified atom stereocenters. The van der Waals surface area contributed by atoms with Crippen molar-refractivity contribution in [3.05, 3.63) is 18.2 Å². The second-order valence-electron chi connectivity index (χ2n) is 4.90. The third-order valence-electron chi connectivity index (χ3n) is 3.14. The molecule has 1 rings (SSSR count). The van der Waals surface area contributed by atoms with Crippen molar-refractivity contribution in [1.29, 1.82) is 0 Å². The van der Waals surface area contributed by atoms with Crippen LogP contribution in [0.1, 0.15) is 12.8 Å². The Morgan fingerprint density at radius 1 is 1.33 bits per heavy atom. The molecule has 0 saturated carbocycles. The fourth-order valence-electron chi connectivity index (χ4n) is 1.88. The fraction of sp³-hybridized carbons (Fsp3) is 0.533.